The van der Waals surface area contributed by atoms with Gasteiger partial charge in [0.15, 0.2) is 9.84 Å². The minimum atomic E-state index is -4.57. The number of anilines is 1. The molecule has 8 nitrogen and oxygen atoms in total. The zero-order valence-corrected chi connectivity index (χ0v) is 24.3. The maximum atomic E-state index is 13.5. The summed E-state index contributed by atoms with van der Waals surface area (Å²) in [4.78, 5) is 24.3. The second-order valence-electron chi connectivity index (χ2n) is 11.9. The number of hydrogen-bond donors (Lipinski definition) is 0. The molecular formula is C31H31F3N4O4S. The summed E-state index contributed by atoms with van der Waals surface area (Å²) in [6.07, 6.45) is 1.11. The average Bonchev–Trinajstić information content (AvgIpc) is 3.63. The first-order chi connectivity index (χ1) is 20.5. The van der Waals surface area contributed by atoms with Crippen molar-refractivity contribution in [1.82, 2.24) is 9.97 Å². The Bertz CT molecular complexity index is 1660. The average molecular weight is 613 g/mol. The highest BCUT2D eigenvalue weighted by Gasteiger charge is 2.47. The molecule has 6 rings (SSSR count). The van der Waals surface area contributed by atoms with E-state index in [0.29, 0.717) is 55.8 Å². The standard InChI is InChI=1S/C31H31F3N4O4S/c32-31(33,34)21-9-12-36-25(17-21)29-37-27(20-5-7-22(8-6-20)38-13-15-43(40,41)16-14-38)28(42-29)24-4-2-1-3-23(24)26(39)18-30(19-35)10-11-30/h5-9,12,17,23-24H,1-4,10-11,13-16,18H2/t23-,24-/m1/s1. The van der Waals surface area contributed by atoms with E-state index < -0.39 is 27.0 Å². The van der Waals surface area contributed by atoms with Crippen molar-refractivity contribution in [2.75, 3.05) is 29.5 Å². The molecule has 3 fully saturated rings. The number of hydrogen-bond acceptors (Lipinski definition) is 8. The summed E-state index contributed by atoms with van der Waals surface area (Å²) in [6, 6.07) is 11.5. The molecule has 0 spiro atoms. The third kappa shape index (κ3) is 6.18. The van der Waals surface area contributed by atoms with Crippen molar-refractivity contribution in [3.8, 4) is 28.9 Å². The highest BCUT2D eigenvalue weighted by molar-refractivity contribution is 7.91. The van der Waals surface area contributed by atoms with Crippen molar-refractivity contribution >= 4 is 21.3 Å². The van der Waals surface area contributed by atoms with Crippen LogP contribution in [0.2, 0.25) is 0 Å². The number of pyridine rings is 1. The number of Topliss-reactive ketones (excluding diaryl/α,β-unsaturated/α-hetero) is 1. The molecule has 2 aromatic heterocycles. The van der Waals surface area contributed by atoms with E-state index in [9.17, 15) is 31.6 Å². The molecule has 3 aliphatic rings. The van der Waals surface area contributed by atoms with Gasteiger partial charge in [0.1, 0.15) is 22.9 Å². The molecule has 226 valence electrons. The zero-order chi connectivity index (χ0) is 30.4. The van der Waals surface area contributed by atoms with Gasteiger partial charge in [0, 0.05) is 48.8 Å². The second-order valence-corrected chi connectivity index (χ2v) is 14.2. The van der Waals surface area contributed by atoms with Gasteiger partial charge in [-0.2, -0.15) is 18.4 Å². The largest absolute Gasteiger partial charge is 0.439 e. The number of nitriles is 1. The van der Waals surface area contributed by atoms with Gasteiger partial charge in [0.05, 0.1) is 28.6 Å². The number of aromatic nitrogens is 2. The molecule has 2 atom stereocenters. The molecule has 3 aromatic rings. The first-order valence-electron chi connectivity index (χ1n) is 14.5. The Morgan fingerprint density at radius 2 is 1.79 bits per heavy atom. The van der Waals surface area contributed by atoms with Crippen LogP contribution in [-0.4, -0.2) is 48.8 Å². The molecule has 1 saturated heterocycles. The van der Waals surface area contributed by atoms with Gasteiger partial charge >= 0.3 is 6.18 Å². The molecular weight excluding hydrogens is 581 g/mol. The molecule has 1 aromatic carbocycles. The number of sulfone groups is 1. The summed E-state index contributed by atoms with van der Waals surface area (Å²) in [5, 5.41) is 9.58. The molecule has 0 unspecified atom stereocenters. The van der Waals surface area contributed by atoms with Crippen LogP contribution in [0.5, 0.6) is 0 Å². The fourth-order valence-electron chi connectivity index (χ4n) is 6.20. The summed E-state index contributed by atoms with van der Waals surface area (Å²) >= 11 is 0. The minimum Gasteiger partial charge on any atom is -0.439 e. The van der Waals surface area contributed by atoms with Gasteiger partial charge in [-0.05, 0) is 49.9 Å². The Morgan fingerprint density at radius 3 is 2.44 bits per heavy atom. The molecule has 0 N–H and O–H groups in total. The zero-order valence-electron chi connectivity index (χ0n) is 23.4. The van der Waals surface area contributed by atoms with Gasteiger partial charge in [-0.3, -0.25) is 9.78 Å². The summed E-state index contributed by atoms with van der Waals surface area (Å²) in [5.41, 5.74) is 0.434. The highest BCUT2D eigenvalue weighted by Crippen LogP contribution is 2.51. The number of halogens is 3. The van der Waals surface area contributed by atoms with Crippen molar-refractivity contribution in [2.45, 2.75) is 57.0 Å². The van der Waals surface area contributed by atoms with Crippen LogP contribution >= 0.6 is 0 Å². The number of rotatable bonds is 7. The van der Waals surface area contributed by atoms with E-state index in [1.807, 2.05) is 29.2 Å². The van der Waals surface area contributed by atoms with E-state index in [0.717, 1.165) is 36.9 Å². The van der Waals surface area contributed by atoms with Crippen molar-refractivity contribution in [3.63, 3.8) is 0 Å². The lowest BCUT2D eigenvalue weighted by atomic mass is 9.73. The van der Waals surface area contributed by atoms with Gasteiger partial charge < -0.3 is 9.32 Å². The number of carbonyl (C=O) groups is 1. The van der Waals surface area contributed by atoms with Crippen molar-refractivity contribution < 1.29 is 30.8 Å². The molecule has 3 heterocycles. The summed E-state index contributed by atoms with van der Waals surface area (Å²) in [7, 11) is -3.04. The molecule has 1 aliphatic heterocycles. The summed E-state index contributed by atoms with van der Waals surface area (Å²) in [6.45, 7) is 0.774. The number of carbonyl (C=O) groups excluding carboxylic acids is 1. The van der Waals surface area contributed by atoms with E-state index >= 15 is 0 Å². The Morgan fingerprint density at radius 1 is 1.09 bits per heavy atom. The minimum absolute atomic E-state index is 0.0141. The maximum Gasteiger partial charge on any atom is 0.416 e. The van der Waals surface area contributed by atoms with Crippen molar-refractivity contribution in [2.24, 2.45) is 11.3 Å². The van der Waals surface area contributed by atoms with Crippen LogP contribution in [0.3, 0.4) is 0 Å². The summed E-state index contributed by atoms with van der Waals surface area (Å²) < 4.78 is 70.5. The van der Waals surface area contributed by atoms with Gasteiger partial charge in [-0.25, -0.2) is 13.4 Å². The number of alkyl halides is 3. The van der Waals surface area contributed by atoms with Crippen LogP contribution in [-0.2, 0) is 20.8 Å². The fourth-order valence-corrected chi connectivity index (χ4v) is 7.40. The van der Waals surface area contributed by atoms with E-state index in [4.69, 9.17) is 4.42 Å². The van der Waals surface area contributed by atoms with Crippen molar-refractivity contribution in [3.05, 3.63) is 53.9 Å². The molecule has 43 heavy (non-hydrogen) atoms. The predicted octanol–water partition coefficient (Wildman–Crippen LogP) is 6.19. The van der Waals surface area contributed by atoms with Crippen LogP contribution in [0, 0.1) is 22.7 Å². The first-order valence-corrected chi connectivity index (χ1v) is 16.3. The van der Waals surface area contributed by atoms with Crippen LogP contribution in [0.1, 0.15) is 62.2 Å². The normalized spacial score (nSPS) is 23.0. The lowest BCUT2D eigenvalue weighted by molar-refractivity contribution is -0.137. The third-order valence-corrected chi connectivity index (χ3v) is 10.5. The van der Waals surface area contributed by atoms with Crippen molar-refractivity contribution in [1.29, 1.82) is 5.26 Å². The second kappa shape index (κ2) is 11.1. The van der Waals surface area contributed by atoms with Gasteiger partial charge in [-0.1, -0.05) is 25.0 Å². The van der Waals surface area contributed by atoms with Gasteiger partial charge in [0.25, 0.3) is 0 Å². The number of oxazole rings is 1. The SMILES string of the molecule is N#CC1(CC(=O)[C@@H]2CCCC[C@H]2c2oc(-c3cc(C(F)(F)F)ccn3)nc2-c2ccc(N3CCS(=O)(=O)CC3)cc2)CC1. The number of nitrogens with zero attached hydrogens (tertiary/aromatic N) is 4. The number of ketones is 1. The van der Waals surface area contributed by atoms with Gasteiger partial charge in [-0.15, -0.1) is 0 Å². The molecule has 12 heteroatoms. The van der Waals surface area contributed by atoms with Crippen LogP contribution in [0.4, 0.5) is 18.9 Å². The maximum absolute atomic E-state index is 13.5. The third-order valence-electron chi connectivity index (χ3n) is 8.93. The highest BCUT2D eigenvalue weighted by atomic mass is 32.2. The molecule has 0 bridgehead atoms. The monoisotopic (exact) mass is 612 g/mol. The lowest BCUT2D eigenvalue weighted by Crippen LogP contribution is -2.40. The number of benzene rings is 1. The molecule has 2 saturated carbocycles. The van der Waals surface area contributed by atoms with Gasteiger partial charge in [0.2, 0.25) is 5.89 Å². The predicted molar refractivity (Wildman–Crippen MR) is 153 cm³/mol. The fraction of sp³-hybridized carbons (Fsp3) is 0.484. The molecule has 0 amide bonds. The smallest absolute Gasteiger partial charge is 0.416 e. The Hall–Kier alpha value is -3.72. The van der Waals surface area contributed by atoms with Crippen LogP contribution in [0.15, 0.2) is 47.0 Å². The Kier molecular flexibility index (Phi) is 7.57. The van der Waals surface area contributed by atoms with E-state index in [2.05, 4.69) is 16.0 Å². The van der Waals surface area contributed by atoms with Crippen LogP contribution < -0.4 is 4.90 Å². The quantitative estimate of drug-likeness (QED) is 0.310. The molecule has 0 radical (unpaired) electrons. The summed E-state index contributed by atoms with van der Waals surface area (Å²) in [5.74, 6) is -0.174. The Balaban J connectivity index is 1.37. The Labute approximate surface area is 247 Å². The molecule has 2 aliphatic carbocycles. The van der Waals surface area contributed by atoms with E-state index in [1.165, 1.54) is 0 Å². The lowest BCUT2D eigenvalue weighted by Gasteiger charge is -2.30. The topological polar surface area (TPSA) is 117 Å². The first kappa shape index (κ1) is 29.4. The van der Waals surface area contributed by atoms with E-state index in [-0.39, 0.29) is 47.1 Å². The van der Waals surface area contributed by atoms with Crippen LogP contribution in [0.25, 0.3) is 22.8 Å². The van der Waals surface area contributed by atoms with E-state index in [1.54, 1.807) is 0 Å².